The number of dihydropyridines is 1. The molecule has 0 aromatic carbocycles. The minimum Gasteiger partial charge on any atom is -0.489 e. The molecule has 0 radical (unpaired) electrons. The molecular weight excluding hydrogens is 281 g/mol. The van der Waals surface area contributed by atoms with Gasteiger partial charge in [0.1, 0.15) is 16.1 Å². The van der Waals surface area contributed by atoms with Gasteiger partial charge in [0.25, 0.3) is 0 Å². The zero-order valence-electron chi connectivity index (χ0n) is 7.02. The second-order valence-electron chi connectivity index (χ2n) is 3.25. The normalized spacial score (nSPS) is 32.5. The molecule has 2 aliphatic rings. The fourth-order valence-electron chi connectivity index (χ4n) is 1.11. The molecule has 0 spiro atoms. The SMILES string of the molecule is O=CC1C=C(OC2CC2)C=NC1I. The maximum absolute atomic E-state index is 10.6. The Bertz CT molecular complexity index is 271. The lowest BCUT2D eigenvalue weighted by atomic mass is 10.1. The fourth-order valence-corrected chi connectivity index (χ4v) is 1.65. The van der Waals surface area contributed by atoms with Gasteiger partial charge in [-0.3, -0.25) is 4.99 Å². The first-order chi connectivity index (χ1) is 6.29. The number of halogens is 1. The Morgan fingerprint density at radius 2 is 2.38 bits per heavy atom. The highest BCUT2D eigenvalue weighted by molar-refractivity contribution is 14.1. The molecule has 2 rings (SSSR count). The van der Waals surface area contributed by atoms with Gasteiger partial charge in [0.05, 0.1) is 18.2 Å². The molecule has 4 heteroatoms. The van der Waals surface area contributed by atoms with Crippen molar-refractivity contribution in [1.82, 2.24) is 0 Å². The summed E-state index contributed by atoms with van der Waals surface area (Å²) in [6.07, 6.45) is 7.12. The van der Waals surface area contributed by atoms with Gasteiger partial charge < -0.3 is 9.53 Å². The van der Waals surface area contributed by atoms with Crippen LogP contribution >= 0.6 is 22.6 Å². The molecule has 70 valence electrons. The van der Waals surface area contributed by atoms with E-state index in [0.717, 1.165) is 24.9 Å². The first kappa shape index (κ1) is 9.18. The monoisotopic (exact) mass is 291 g/mol. The lowest BCUT2D eigenvalue weighted by Gasteiger charge is -2.16. The van der Waals surface area contributed by atoms with Crippen LogP contribution in [0.15, 0.2) is 16.8 Å². The van der Waals surface area contributed by atoms with Crippen LogP contribution in [0.5, 0.6) is 0 Å². The molecule has 0 N–H and O–H groups in total. The number of alkyl halides is 1. The Balaban J connectivity index is 2.01. The number of aliphatic imine (C=N–C) groups is 1. The number of carbonyl (C=O) groups is 1. The molecule has 0 aromatic heterocycles. The highest BCUT2D eigenvalue weighted by atomic mass is 127. The van der Waals surface area contributed by atoms with Crippen molar-refractivity contribution in [2.45, 2.75) is 23.0 Å². The molecule has 1 heterocycles. The molecule has 1 aliphatic heterocycles. The summed E-state index contributed by atoms with van der Waals surface area (Å²) in [6, 6.07) is 0. The van der Waals surface area contributed by atoms with Crippen molar-refractivity contribution < 1.29 is 9.53 Å². The summed E-state index contributed by atoms with van der Waals surface area (Å²) in [6.45, 7) is 0. The smallest absolute Gasteiger partial charge is 0.134 e. The van der Waals surface area contributed by atoms with Crippen LogP contribution < -0.4 is 0 Å². The molecule has 1 saturated carbocycles. The summed E-state index contributed by atoms with van der Waals surface area (Å²) < 4.78 is 5.56. The van der Waals surface area contributed by atoms with Crippen molar-refractivity contribution >= 4 is 35.1 Å². The van der Waals surface area contributed by atoms with E-state index < -0.39 is 0 Å². The third-order valence-corrected chi connectivity index (χ3v) is 3.15. The lowest BCUT2D eigenvalue weighted by molar-refractivity contribution is -0.109. The van der Waals surface area contributed by atoms with Gasteiger partial charge in [-0.15, -0.1) is 0 Å². The Kier molecular flexibility index (Phi) is 2.66. The molecule has 1 aliphatic carbocycles. The molecule has 0 amide bonds. The Labute approximate surface area is 90.4 Å². The average Bonchev–Trinajstić information content (AvgIpc) is 2.92. The van der Waals surface area contributed by atoms with Crippen LogP contribution in [-0.4, -0.2) is 22.7 Å². The maximum Gasteiger partial charge on any atom is 0.134 e. The summed E-state index contributed by atoms with van der Waals surface area (Å²) in [7, 11) is 0. The number of allylic oxidation sites excluding steroid dienone is 1. The Morgan fingerprint density at radius 3 is 3.00 bits per heavy atom. The Morgan fingerprint density at radius 1 is 1.62 bits per heavy atom. The highest BCUT2D eigenvalue weighted by Gasteiger charge is 2.26. The highest BCUT2D eigenvalue weighted by Crippen LogP contribution is 2.28. The number of aldehydes is 1. The molecule has 0 bridgehead atoms. The standard InChI is InChI=1S/C9H10INO2/c10-9-6(5-12)3-8(4-11-9)13-7-1-2-7/h3-7,9H,1-2H2. The van der Waals surface area contributed by atoms with Crippen LogP contribution in [-0.2, 0) is 9.53 Å². The molecule has 0 aromatic rings. The number of hydrogen-bond donors (Lipinski definition) is 0. The summed E-state index contributed by atoms with van der Waals surface area (Å²) in [4.78, 5) is 14.8. The predicted molar refractivity (Wildman–Crippen MR) is 58.0 cm³/mol. The number of ether oxygens (including phenoxy) is 1. The van der Waals surface area contributed by atoms with Crippen molar-refractivity contribution in [3.8, 4) is 0 Å². The molecule has 3 nitrogen and oxygen atoms in total. The van der Waals surface area contributed by atoms with Crippen LogP contribution in [0.1, 0.15) is 12.8 Å². The van der Waals surface area contributed by atoms with E-state index >= 15 is 0 Å². The van der Waals surface area contributed by atoms with E-state index in [-0.39, 0.29) is 9.97 Å². The summed E-state index contributed by atoms with van der Waals surface area (Å²) >= 11 is 2.15. The molecule has 2 unspecified atom stereocenters. The number of nitrogens with zero attached hydrogens (tertiary/aromatic N) is 1. The van der Waals surface area contributed by atoms with Crippen LogP contribution in [0.3, 0.4) is 0 Å². The van der Waals surface area contributed by atoms with Gasteiger partial charge >= 0.3 is 0 Å². The third kappa shape index (κ3) is 2.30. The van der Waals surface area contributed by atoms with Gasteiger partial charge in [-0.1, -0.05) is 22.6 Å². The average molecular weight is 291 g/mol. The van der Waals surface area contributed by atoms with Gasteiger partial charge in [-0.05, 0) is 18.9 Å². The van der Waals surface area contributed by atoms with E-state index in [9.17, 15) is 4.79 Å². The minimum absolute atomic E-state index is 0.0293. The first-order valence-electron chi connectivity index (χ1n) is 4.30. The first-order valence-corrected chi connectivity index (χ1v) is 5.55. The summed E-state index contributed by atoms with van der Waals surface area (Å²) in [5, 5.41) is 0. The fraction of sp³-hybridized carbons (Fsp3) is 0.556. The zero-order valence-corrected chi connectivity index (χ0v) is 9.18. The van der Waals surface area contributed by atoms with E-state index in [1.54, 1.807) is 6.21 Å². The van der Waals surface area contributed by atoms with E-state index in [2.05, 4.69) is 27.6 Å². The second kappa shape index (κ2) is 3.77. The largest absolute Gasteiger partial charge is 0.489 e. The molecule has 0 saturated heterocycles. The van der Waals surface area contributed by atoms with E-state index in [1.807, 2.05) is 6.08 Å². The van der Waals surface area contributed by atoms with E-state index in [4.69, 9.17) is 4.74 Å². The van der Waals surface area contributed by atoms with E-state index in [1.165, 1.54) is 0 Å². The van der Waals surface area contributed by atoms with Crippen molar-refractivity contribution in [2.75, 3.05) is 0 Å². The minimum atomic E-state index is -0.126. The van der Waals surface area contributed by atoms with Gasteiger partial charge in [-0.25, -0.2) is 0 Å². The van der Waals surface area contributed by atoms with Crippen LogP contribution in [0.2, 0.25) is 0 Å². The van der Waals surface area contributed by atoms with Crippen LogP contribution in [0.25, 0.3) is 0 Å². The van der Waals surface area contributed by atoms with Crippen molar-refractivity contribution in [1.29, 1.82) is 0 Å². The van der Waals surface area contributed by atoms with Crippen LogP contribution in [0.4, 0.5) is 0 Å². The summed E-state index contributed by atoms with van der Waals surface area (Å²) in [5.74, 6) is 0.631. The van der Waals surface area contributed by atoms with E-state index in [0.29, 0.717) is 6.10 Å². The predicted octanol–water partition coefficient (Wildman–Crippen LogP) is 1.71. The second-order valence-corrected chi connectivity index (χ2v) is 4.53. The Hall–Kier alpha value is -0.390. The van der Waals surface area contributed by atoms with Gasteiger partial charge in [0.15, 0.2) is 0 Å². The van der Waals surface area contributed by atoms with Crippen LogP contribution in [0, 0.1) is 5.92 Å². The molecule has 13 heavy (non-hydrogen) atoms. The molecule has 2 atom stereocenters. The molecular formula is C9H10INO2. The van der Waals surface area contributed by atoms with Crippen molar-refractivity contribution in [3.63, 3.8) is 0 Å². The van der Waals surface area contributed by atoms with Gasteiger partial charge in [0, 0.05) is 0 Å². The summed E-state index contributed by atoms with van der Waals surface area (Å²) in [5.41, 5.74) is 0. The maximum atomic E-state index is 10.6. The van der Waals surface area contributed by atoms with Crippen molar-refractivity contribution in [2.24, 2.45) is 10.9 Å². The number of rotatable bonds is 3. The number of carbonyl (C=O) groups excluding carboxylic acids is 1. The van der Waals surface area contributed by atoms with Gasteiger partial charge in [0.2, 0.25) is 0 Å². The quantitative estimate of drug-likeness (QED) is 0.344. The third-order valence-electron chi connectivity index (χ3n) is 2.00. The zero-order chi connectivity index (χ0) is 9.26. The van der Waals surface area contributed by atoms with Gasteiger partial charge in [-0.2, -0.15) is 0 Å². The molecule has 1 fully saturated rings. The van der Waals surface area contributed by atoms with Crippen molar-refractivity contribution in [3.05, 3.63) is 11.8 Å². The topological polar surface area (TPSA) is 38.7 Å². The lowest BCUT2D eigenvalue weighted by Crippen LogP contribution is -2.17. The number of hydrogen-bond acceptors (Lipinski definition) is 3.